The Bertz CT molecular complexity index is 235. The van der Waals surface area contributed by atoms with E-state index in [2.05, 4.69) is 17.4 Å². The van der Waals surface area contributed by atoms with Crippen LogP contribution >= 0.6 is 0 Å². The maximum absolute atomic E-state index is 10.9. The molecule has 2 atom stereocenters. The number of carbonyl (C=O) groups excluding carboxylic acids is 1. The summed E-state index contributed by atoms with van der Waals surface area (Å²) in [6, 6.07) is 0. The summed E-state index contributed by atoms with van der Waals surface area (Å²) < 4.78 is 4.62. The molecule has 0 aliphatic heterocycles. The van der Waals surface area contributed by atoms with Crippen LogP contribution < -0.4 is 0 Å². The van der Waals surface area contributed by atoms with Gasteiger partial charge in [0.25, 0.3) is 0 Å². The van der Waals surface area contributed by atoms with E-state index < -0.39 is 0 Å². The summed E-state index contributed by atoms with van der Waals surface area (Å²) in [5, 5.41) is 0. The maximum atomic E-state index is 10.9. The highest BCUT2D eigenvalue weighted by molar-refractivity contribution is 5.68. The van der Waals surface area contributed by atoms with Gasteiger partial charge in [-0.3, -0.25) is 4.79 Å². The van der Waals surface area contributed by atoms with Crippen LogP contribution in [0.25, 0.3) is 0 Å². The molecule has 2 nitrogen and oxygen atoms in total. The fourth-order valence-electron chi connectivity index (χ4n) is 2.87. The molecule has 17 heavy (non-hydrogen) atoms. The number of esters is 1. The van der Waals surface area contributed by atoms with Gasteiger partial charge in [0.2, 0.25) is 0 Å². The smallest absolute Gasteiger partial charge is 0.305 e. The van der Waals surface area contributed by atoms with E-state index in [1.54, 1.807) is 0 Å². The van der Waals surface area contributed by atoms with Crippen LogP contribution in [-0.2, 0) is 9.53 Å². The fraction of sp³-hybridized carbons (Fsp3) is 0.800. The van der Waals surface area contributed by atoms with Crippen molar-refractivity contribution in [1.29, 1.82) is 0 Å². The zero-order chi connectivity index (χ0) is 12.5. The molecule has 98 valence electrons. The topological polar surface area (TPSA) is 26.3 Å². The van der Waals surface area contributed by atoms with Crippen molar-refractivity contribution in [2.75, 3.05) is 7.11 Å². The van der Waals surface area contributed by atoms with E-state index in [1.807, 2.05) is 0 Å². The minimum absolute atomic E-state index is 0.0764. The molecule has 1 unspecified atom stereocenters. The largest absolute Gasteiger partial charge is 0.469 e. The molecule has 1 fully saturated rings. The predicted octanol–water partition coefficient (Wildman–Crippen LogP) is 4.10. The van der Waals surface area contributed by atoms with Crippen LogP contribution in [0.4, 0.5) is 0 Å². The lowest BCUT2D eigenvalue weighted by molar-refractivity contribution is -0.140. The van der Waals surface area contributed by atoms with Crippen molar-refractivity contribution in [3.05, 3.63) is 12.7 Å². The number of hydrogen-bond acceptors (Lipinski definition) is 2. The third-order valence-corrected chi connectivity index (χ3v) is 3.95. The van der Waals surface area contributed by atoms with Crippen LogP contribution in [0.3, 0.4) is 0 Å². The Hall–Kier alpha value is -0.790. The highest BCUT2D eigenvalue weighted by atomic mass is 16.5. The molecule has 0 amide bonds. The number of carbonyl (C=O) groups is 1. The Morgan fingerprint density at radius 1 is 1.29 bits per heavy atom. The summed E-state index contributed by atoms with van der Waals surface area (Å²) in [5.41, 5.74) is 0. The highest BCUT2D eigenvalue weighted by Gasteiger charge is 2.23. The van der Waals surface area contributed by atoms with E-state index in [9.17, 15) is 4.79 Å². The number of unbranched alkanes of at least 4 members (excludes halogenated alkanes) is 3. The minimum Gasteiger partial charge on any atom is -0.469 e. The quantitative estimate of drug-likeness (QED) is 0.361. The summed E-state index contributed by atoms with van der Waals surface area (Å²) in [4.78, 5) is 10.9. The Labute approximate surface area is 105 Å². The van der Waals surface area contributed by atoms with Gasteiger partial charge in [-0.25, -0.2) is 0 Å². The van der Waals surface area contributed by atoms with Crippen molar-refractivity contribution in [3.8, 4) is 0 Å². The molecule has 1 saturated carbocycles. The van der Waals surface area contributed by atoms with Gasteiger partial charge in [-0.05, 0) is 37.5 Å². The molecule has 0 N–H and O–H groups in total. The molecular weight excluding hydrogens is 212 g/mol. The molecule has 0 aromatic heterocycles. The average Bonchev–Trinajstić information content (AvgIpc) is 2.80. The molecule has 0 bridgehead atoms. The maximum Gasteiger partial charge on any atom is 0.305 e. The third kappa shape index (κ3) is 5.38. The van der Waals surface area contributed by atoms with Crippen molar-refractivity contribution in [3.63, 3.8) is 0 Å². The highest BCUT2D eigenvalue weighted by Crippen LogP contribution is 2.35. The van der Waals surface area contributed by atoms with Gasteiger partial charge >= 0.3 is 5.97 Å². The molecule has 0 saturated heterocycles. The van der Waals surface area contributed by atoms with Gasteiger partial charge in [-0.15, -0.1) is 6.58 Å². The van der Waals surface area contributed by atoms with Crippen LogP contribution in [0.5, 0.6) is 0 Å². The normalized spacial score (nSPS) is 23.6. The van der Waals surface area contributed by atoms with Gasteiger partial charge in [0.15, 0.2) is 0 Å². The second-order valence-electron chi connectivity index (χ2n) is 5.12. The summed E-state index contributed by atoms with van der Waals surface area (Å²) in [5.74, 6) is 1.57. The Kier molecular flexibility index (Phi) is 6.99. The summed E-state index contributed by atoms with van der Waals surface area (Å²) in [6.07, 6.45) is 12.9. The van der Waals surface area contributed by atoms with E-state index in [1.165, 1.54) is 45.6 Å². The molecular formula is C15H26O2. The fourth-order valence-corrected chi connectivity index (χ4v) is 2.87. The molecule has 1 aliphatic carbocycles. The number of hydrogen-bond donors (Lipinski definition) is 0. The second-order valence-corrected chi connectivity index (χ2v) is 5.12. The zero-order valence-corrected chi connectivity index (χ0v) is 11.1. The van der Waals surface area contributed by atoms with E-state index in [4.69, 9.17) is 0 Å². The Morgan fingerprint density at radius 3 is 2.76 bits per heavy atom. The second kappa shape index (κ2) is 8.32. The first-order valence-electron chi connectivity index (χ1n) is 6.97. The van der Waals surface area contributed by atoms with Crippen molar-refractivity contribution in [2.24, 2.45) is 11.8 Å². The van der Waals surface area contributed by atoms with Crippen LogP contribution in [0.15, 0.2) is 12.7 Å². The van der Waals surface area contributed by atoms with Crippen molar-refractivity contribution in [1.82, 2.24) is 0 Å². The van der Waals surface area contributed by atoms with Gasteiger partial charge in [0, 0.05) is 6.42 Å². The number of methoxy groups -OCH3 is 1. The first-order valence-corrected chi connectivity index (χ1v) is 6.97. The van der Waals surface area contributed by atoms with E-state index in [0.29, 0.717) is 6.42 Å². The molecule has 0 heterocycles. The SMILES string of the molecule is C=C[C@H]1CCCC1CCCCCCC(=O)OC. The minimum atomic E-state index is -0.0764. The summed E-state index contributed by atoms with van der Waals surface area (Å²) in [6.45, 7) is 3.93. The lowest BCUT2D eigenvalue weighted by Crippen LogP contribution is -2.04. The van der Waals surface area contributed by atoms with Crippen molar-refractivity contribution in [2.45, 2.75) is 57.8 Å². The standard InChI is InChI=1S/C15H26O2/c1-3-13-10-8-11-14(13)9-6-4-5-7-12-15(16)17-2/h3,13-14H,1,4-12H2,2H3/t13-,14?/m0/s1. The lowest BCUT2D eigenvalue weighted by Gasteiger charge is -2.15. The third-order valence-electron chi connectivity index (χ3n) is 3.95. The number of ether oxygens (including phenoxy) is 1. The van der Waals surface area contributed by atoms with Crippen LogP contribution in [0, 0.1) is 11.8 Å². The van der Waals surface area contributed by atoms with Gasteiger partial charge in [-0.1, -0.05) is 31.8 Å². The molecule has 0 radical (unpaired) electrons. The zero-order valence-electron chi connectivity index (χ0n) is 11.1. The first kappa shape index (κ1) is 14.3. The van der Waals surface area contributed by atoms with Crippen LogP contribution in [0.1, 0.15) is 57.8 Å². The predicted molar refractivity (Wildman–Crippen MR) is 70.7 cm³/mol. The Morgan fingerprint density at radius 2 is 2.06 bits per heavy atom. The summed E-state index contributed by atoms with van der Waals surface area (Å²) in [7, 11) is 1.46. The van der Waals surface area contributed by atoms with Gasteiger partial charge in [-0.2, -0.15) is 0 Å². The molecule has 0 aromatic rings. The number of allylic oxidation sites excluding steroid dienone is 1. The average molecular weight is 238 g/mol. The molecule has 0 aromatic carbocycles. The molecule has 2 heteroatoms. The van der Waals surface area contributed by atoms with Gasteiger partial charge in [0.05, 0.1) is 7.11 Å². The number of rotatable bonds is 8. The van der Waals surface area contributed by atoms with Crippen molar-refractivity contribution < 1.29 is 9.53 Å². The molecule has 0 spiro atoms. The van der Waals surface area contributed by atoms with Crippen LogP contribution in [0.2, 0.25) is 0 Å². The lowest BCUT2D eigenvalue weighted by atomic mass is 9.91. The van der Waals surface area contributed by atoms with E-state index in [0.717, 1.165) is 24.7 Å². The Balaban J connectivity index is 1.97. The molecule has 1 rings (SSSR count). The molecule has 1 aliphatic rings. The van der Waals surface area contributed by atoms with Crippen molar-refractivity contribution >= 4 is 5.97 Å². The summed E-state index contributed by atoms with van der Waals surface area (Å²) >= 11 is 0. The monoisotopic (exact) mass is 238 g/mol. The van der Waals surface area contributed by atoms with Gasteiger partial charge < -0.3 is 4.74 Å². The first-order chi connectivity index (χ1) is 8.27. The van der Waals surface area contributed by atoms with E-state index >= 15 is 0 Å². The van der Waals surface area contributed by atoms with E-state index in [-0.39, 0.29) is 5.97 Å². The van der Waals surface area contributed by atoms with Gasteiger partial charge in [0.1, 0.15) is 0 Å². The van der Waals surface area contributed by atoms with Crippen LogP contribution in [-0.4, -0.2) is 13.1 Å².